The van der Waals surface area contributed by atoms with Crippen LogP contribution in [0.5, 0.6) is 0 Å². The van der Waals surface area contributed by atoms with Gasteiger partial charge in [0.15, 0.2) is 0 Å². The fourth-order valence-corrected chi connectivity index (χ4v) is 3.27. The quantitative estimate of drug-likeness (QED) is 0.847. The molecule has 1 atom stereocenters. The van der Waals surface area contributed by atoms with Gasteiger partial charge >= 0.3 is 0 Å². The molecule has 5 nitrogen and oxygen atoms in total. The topological polar surface area (TPSA) is 75.4 Å². The summed E-state index contributed by atoms with van der Waals surface area (Å²) in [5.74, 6) is 0.108. The van der Waals surface area contributed by atoms with E-state index in [2.05, 4.69) is 11.4 Å². The Bertz CT molecular complexity index is 471. The summed E-state index contributed by atoms with van der Waals surface area (Å²) in [6.45, 7) is 3.64. The van der Waals surface area contributed by atoms with Gasteiger partial charge < -0.3 is 16.0 Å². The van der Waals surface area contributed by atoms with Crippen molar-refractivity contribution in [1.29, 1.82) is 0 Å². The van der Waals surface area contributed by atoms with E-state index in [1.165, 1.54) is 4.88 Å². The lowest BCUT2D eigenvalue weighted by atomic mass is 9.95. The predicted molar refractivity (Wildman–Crippen MR) is 91.2 cm³/mol. The summed E-state index contributed by atoms with van der Waals surface area (Å²) in [5.41, 5.74) is 5.60. The minimum Gasteiger partial charge on any atom is -0.355 e. The molecule has 1 aromatic heterocycles. The van der Waals surface area contributed by atoms with E-state index >= 15 is 0 Å². The molecule has 0 saturated carbocycles. The Balaban J connectivity index is 0.00000242. The first kappa shape index (κ1) is 18.9. The average molecular weight is 346 g/mol. The third kappa shape index (κ3) is 5.26. The molecule has 1 aliphatic rings. The fraction of sp³-hybridized carbons (Fsp3) is 0.600. The van der Waals surface area contributed by atoms with Crippen LogP contribution in [-0.4, -0.2) is 42.4 Å². The Labute approximate surface area is 141 Å². The number of thiophene rings is 1. The zero-order chi connectivity index (χ0) is 15.2. The van der Waals surface area contributed by atoms with Crippen LogP contribution in [0, 0.1) is 5.92 Å². The van der Waals surface area contributed by atoms with Crippen molar-refractivity contribution in [3.8, 4) is 0 Å². The minimum absolute atomic E-state index is 0. The molecule has 124 valence electrons. The lowest BCUT2D eigenvalue weighted by Gasteiger charge is -2.32. The fourth-order valence-electron chi connectivity index (χ4n) is 2.56. The highest BCUT2D eigenvalue weighted by atomic mass is 35.5. The van der Waals surface area contributed by atoms with Crippen molar-refractivity contribution in [2.75, 3.05) is 19.6 Å². The molecule has 22 heavy (non-hydrogen) atoms. The van der Waals surface area contributed by atoms with Gasteiger partial charge in [-0.2, -0.15) is 0 Å². The second-order valence-electron chi connectivity index (χ2n) is 5.51. The zero-order valence-electron chi connectivity index (χ0n) is 12.8. The highest BCUT2D eigenvalue weighted by molar-refractivity contribution is 7.09. The number of likely N-dealkylation sites (tertiary alicyclic amines) is 1. The number of amides is 2. The molecule has 7 heteroatoms. The van der Waals surface area contributed by atoms with Crippen molar-refractivity contribution in [3.05, 3.63) is 22.4 Å². The highest BCUT2D eigenvalue weighted by Gasteiger charge is 2.28. The van der Waals surface area contributed by atoms with Gasteiger partial charge in [-0.25, -0.2) is 0 Å². The number of nitrogens with one attached hydrogen (secondary N) is 1. The Kier molecular flexibility index (Phi) is 7.85. The van der Waals surface area contributed by atoms with E-state index in [0.29, 0.717) is 19.6 Å². The molecule has 2 amide bonds. The van der Waals surface area contributed by atoms with Crippen LogP contribution in [0.3, 0.4) is 0 Å². The van der Waals surface area contributed by atoms with Gasteiger partial charge in [-0.3, -0.25) is 9.59 Å². The summed E-state index contributed by atoms with van der Waals surface area (Å²) in [5, 5.41) is 5.04. The van der Waals surface area contributed by atoms with Gasteiger partial charge in [0.2, 0.25) is 11.8 Å². The molecule has 3 N–H and O–H groups in total. The van der Waals surface area contributed by atoms with E-state index in [0.717, 1.165) is 19.3 Å². The molecule has 0 bridgehead atoms. The Morgan fingerprint density at radius 2 is 2.14 bits per heavy atom. The molecule has 1 saturated heterocycles. The second kappa shape index (κ2) is 9.12. The Hall–Kier alpha value is -1.11. The molecule has 2 heterocycles. The molecule has 0 aliphatic carbocycles. The van der Waals surface area contributed by atoms with Crippen LogP contribution < -0.4 is 11.1 Å². The third-order valence-corrected chi connectivity index (χ3v) is 4.75. The lowest BCUT2D eigenvalue weighted by Crippen LogP contribution is -2.48. The number of rotatable bonds is 5. The maximum absolute atomic E-state index is 12.1. The first-order valence-corrected chi connectivity index (χ1v) is 8.30. The predicted octanol–water partition coefficient (Wildman–Crippen LogP) is 1.41. The number of carbonyl (C=O) groups is 2. The number of halogens is 1. The average Bonchev–Trinajstić information content (AvgIpc) is 2.99. The molecule has 1 aliphatic heterocycles. The smallest absolute Gasteiger partial charge is 0.239 e. The monoisotopic (exact) mass is 345 g/mol. The van der Waals surface area contributed by atoms with Gasteiger partial charge in [-0.1, -0.05) is 6.07 Å². The number of hydrogen-bond acceptors (Lipinski definition) is 4. The first-order chi connectivity index (χ1) is 10.1. The van der Waals surface area contributed by atoms with Crippen LogP contribution in [0.4, 0.5) is 0 Å². The standard InChI is InChI=1S/C15H23N3O2S.ClH/c1-11(16)15(20)18-8-5-12(6-9-18)14(19)17-7-4-13-3-2-10-21-13;/h2-3,10-12H,4-9,16H2,1H3,(H,17,19);1H/t11-;/m1./s1. The van der Waals surface area contributed by atoms with Gasteiger partial charge in [0.05, 0.1) is 6.04 Å². The molecule has 1 fully saturated rings. The maximum atomic E-state index is 12.1. The van der Waals surface area contributed by atoms with Gasteiger partial charge in [-0.15, -0.1) is 23.7 Å². The third-order valence-electron chi connectivity index (χ3n) is 3.82. The van der Waals surface area contributed by atoms with Crippen molar-refractivity contribution in [3.63, 3.8) is 0 Å². The Morgan fingerprint density at radius 3 is 2.68 bits per heavy atom. The summed E-state index contributed by atoms with van der Waals surface area (Å²) in [6, 6.07) is 3.64. The van der Waals surface area contributed by atoms with E-state index in [1.54, 1.807) is 23.2 Å². The minimum atomic E-state index is -0.457. The molecule has 0 radical (unpaired) electrons. The van der Waals surface area contributed by atoms with Crippen molar-refractivity contribution < 1.29 is 9.59 Å². The number of piperidine rings is 1. The van der Waals surface area contributed by atoms with Gasteiger partial charge in [0, 0.05) is 30.4 Å². The molecular formula is C15H24ClN3O2S. The number of nitrogens with zero attached hydrogens (tertiary/aromatic N) is 1. The van der Waals surface area contributed by atoms with E-state index in [4.69, 9.17) is 5.73 Å². The van der Waals surface area contributed by atoms with Crippen molar-refractivity contribution in [2.45, 2.75) is 32.2 Å². The summed E-state index contributed by atoms with van der Waals surface area (Å²) >= 11 is 1.71. The summed E-state index contributed by atoms with van der Waals surface area (Å²) in [7, 11) is 0. The van der Waals surface area contributed by atoms with E-state index in [9.17, 15) is 9.59 Å². The van der Waals surface area contributed by atoms with E-state index in [-0.39, 0.29) is 30.1 Å². The second-order valence-corrected chi connectivity index (χ2v) is 6.54. The van der Waals surface area contributed by atoms with Gasteiger partial charge in [-0.05, 0) is 37.6 Å². The van der Waals surface area contributed by atoms with Gasteiger partial charge in [0.1, 0.15) is 0 Å². The number of carbonyl (C=O) groups excluding carboxylic acids is 2. The number of hydrogen-bond donors (Lipinski definition) is 2. The zero-order valence-corrected chi connectivity index (χ0v) is 14.4. The molecule has 2 rings (SSSR count). The first-order valence-electron chi connectivity index (χ1n) is 7.42. The highest BCUT2D eigenvalue weighted by Crippen LogP contribution is 2.18. The van der Waals surface area contributed by atoms with Crippen LogP contribution in [0.25, 0.3) is 0 Å². The molecule has 0 unspecified atom stereocenters. The summed E-state index contributed by atoms with van der Waals surface area (Å²) in [6.07, 6.45) is 2.33. The van der Waals surface area contributed by atoms with E-state index < -0.39 is 6.04 Å². The number of nitrogens with two attached hydrogens (primary N) is 1. The summed E-state index contributed by atoms with van der Waals surface area (Å²) < 4.78 is 0. The van der Waals surface area contributed by atoms with Crippen LogP contribution in [0.15, 0.2) is 17.5 Å². The van der Waals surface area contributed by atoms with Crippen molar-refractivity contribution in [1.82, 2.24) is 10.2 Å². The maximum Gasteiger partial charge on any atom is 0.239 e. The van der Waals surface area contributed by atoms with Crippen molar-refractivity contribution >= 4 is 35.6 Å². The summed E-state index contributed by atoms with van der Waals surface area (Å²) in [4.78, 5) is 26.9. The normalized spacial score (nSPS) is 16.7. The largest absolute Gasteiger partial charge is 0.355 e. The van der Waals surface area contributed by atoms with Crippen LogP contribution in [-0.2, 0) is 16.0 Å². The van der Waals surface area contributed by atoms with Crippen LogP contribution >= 0.6 is 23.7 Å². The van der Waals surface area contributed by atoms with Gasteiger partial charge in [0.25, 0.3) is 0 Å². The SMILES string of the molecule is C[C@@H](N)C(=O)N1CCC(C(=O)NCCc2cccs2)CC1.Cl. The van der Waals surface area contributed by atoms with Crippen LogP contribution in [0.1, 0.15) is 24.6 Å². The Morgan fingerprint density at radius 1 is 1.45 bits per heavy atom. The van der Waals surface area contributed by atoms with E-state index in [1.807, 2.05) is 11.4 Å². The molecule has 0 spiro atoms. The molecule has 1 aromatic rings. The lowest BCUT2D eigenvalue weighted by molar-refractivity contribution is -0.136. The molecular weight excluding hydrogens is 322 g/mol. The van der Waals surface area contributed by atoms with Crippen molar-refractivity contribution in [2.24, 2.45) is 11.7 Å². The molecule has 0 aromatic carbocycles. The van der Waals surface area contributed by atoms with Crippen LogP contribution in [0.2, 0.25) is 0 Å².